The molecule has 1 amide bonds. The van der Waals surface area contributed by atoms with Crippen LogP contribution in [0.15, 0.2) is 53.7 Å². The van der Waals surface area contributed by atoms with Crippen LogP contribution in [0.5, 0.6) is 0 Å². The second-order valence-corrected chi connectivity index (χ2v) is 10.3. The summed E-state index contributed by atoms with van der Waals surface area (Å²) in [4.78, 5) is 17.9. The molecule has 2 fully saturated rings. The minimum atomic E-state index is -0.0678. The van der Waals surface area contributed by atoms with Gasteiger partial charge in [0.25, 0.3) is 0 Å². The van der Waals surface area contributed by atoms with Gasteiger partial charge >= 0.3 is 0 Å². The van der Waals surface area contributed by atoms with E-state index >= 15 is 0 Å². The first-order chi connectivity index (χ1) is 17.2. The molecule has 1 saturated carbocycles. The average molecular weight is 492 g/mol. The second kappa shape index (κ2) is 11.2. The van der Waals surface area contributed by atoms with Gasteiger partial charge in [0.2, 0.25) is 11.1 Å². The van der Waals surface area contributed by atoms with E-state index in [4.69, 9.17) is 0 Å². The van der Waals surface area contributed by atoms with Crippen molar-refractivity contribution in [2.75, 3.05) is 42.1 Å². The summed E-state index contributed by atoms with van der Waals surface area (Å²) in [5.74, 6) is 0.164. The minimum Gasteiger partial charge on any atom is -0.367 e. The predicted molar refractivity (Wildman–Crippen MR) is 140 cm³/mol. The zero-order valence-corrected chi connectivity index (χ0v) is 21.1. The smallest absolute Gasteiger partial charge is 0.234 e. The highest BCUT2D eigenvalue weighted by Crippen LogP contribution is 2.29. The van der Waals surface area contributed by atoms with Crippen molar-refractivity contribution in [3.05, 3.63) is 54.1 Å². The van der Waals surface area contributed by atoms with Gasteiger partial charge < -0.3 is 10.2 Å². The van der Waals surface area contributed by atoms with Crippen LogP contribution in [0.3, 0.4) is 0 Å². The molecule has 0 atom stereocenters. The molecule has 1 N–H and O–H groups in total. The van der Waals surface area contributed by atoms with Crippen molar-refractivity contribution < 1.29 is 4.79 Å². The molecule has 35 heavy (non-hydrogen) atoms. The summed E-state index contributed by atoms with van der Waals surface area (Å²) in [6.45, 7) is 6.19. The first kappa shape index (κ1) is 23.8. The van der Waals surface area contributed by atoms with Crippen LogP contribution in [0.25, 0.3) is 5.69 Å². The fourth-order valence-electron chi connectivity index (χ4n) is 5.06. The molecule has 1 aliphatic carbocycles. The van der Waals surface area contributed by atoms with Crippen LogP contribution in [-0.2, 0) is 4.79 Å². The molecule has 2 aromatic carbocycles. The van der Waals surface area contributed by atoms with Crippen LogP contribution < -0.4 is 10.2 Å². The van der Waals surface area contributed by atoms with Crippen LogP contribution in [-0.4, -0.2) is 69.0 Å². The first-order valence-corrected chi connectivity index (χ1v) is 13.5. The van der Waals surface area contributed by atoms with Gasteiger partial charge in [-0.3, -0.25) is 9.69 Å². The molecule has 9 heteroatoms. The highest BCUT2D eigenvalue weighted by molar-refractivity contribution is 7.99. The molecule has 184 valence electrons. The standard InChI is InChI=1S/C26H33N7OS/c1-20-11-13-22(14-12-20)33-26(28-29-30-33)35-19-25(34)27-23-9-5-6-10-24(23)32-17-15-31(16-18-32)21-7-3-2-4-8-21/h5-6,9-14,21H,2-4,7-8,15-19H2,1H3,(H,27,34). The van der Waals surface area contributed by atoms with E-state index in [0.717, 1.165) is 49.3 Å². The summed E-state index contributed by atoms with van der Waals surface area (Å²) in [5, 5.41) is 15.7. The van der Waals surface area contributed by atoms with Crippen LogP contribution in [0.1, 0.15) is 37.7 Å². The zero-order valence-electron chi connectivity index (χ0n) is 20.3. The number of hydrogen-bond donors (Lipinski definition) is 1. The number of nitrogens with one attached hydrogen (secondary N) is 1. The zero-order chi connectivity index (χ0) is 24.0. The Bertz CT molecular complexity index is 1120. The number of carbonyl (C=O) groups is 1. The Kier molecular flexibility index (Phi) is 7.63. The van der Waals surface area contributed by atoms with Crippen LogP contribution in [0.4, 0.5) is 11.4 Å². The Hall–Kier alpha value is -2.91. The Morgan fingerprint density at radius 2 is 1.74 bits per heavy atom. The summed E-state index contributed by atoms with van der Waals surface area (Å²) in [7, 11) is 0. The topological polar surface area (TPSA) is 79.2 Å². The number of tetrazole rings is 1. The van der Waals surface area contributed by atoms with E-state index in [2.05, 4.69) is 36.7 Å². The third kappa shape index (κ3) is 5.85. The number of para-hydroxylation sites is 2. The lowest BCUT2D eigenvalue weighted by Gasteiger charge is -2.42. The third-order valence-electron chi connectivity index (χ3n) is 6.98. The predicted octanol–water partition coefficient (Wildman–Crippen LogP) is 4.16. The number of amides is 1. The van der Waals surface area contributed by atoms with Gasteiger partial charge in [-0.05, 0) is 54.5 Å². The van der Waals surface area contributed by atoms with Crippen molar-refractivity contribution >= 4 is 29.0 Å². The monoisotopic (exact) mass is 491 g/mol. The maximum atomic E-state index is 12.9. The molecule has 0 bridgehead atoms. The summed E-state index contributed by atoms with van der Waals surface area (Å²) in [6, 6.07) is 16.9. The largest absolute Gasteiger partial charge is 0.367 e. The van der Waals surface area contributed by atoms with Gasteiger partial charge in [-0.2, -0.15) is 4.68 Å². The number of carbonyl (C=O) groups excluding carboxylic acids is 1. The van der Waals surface area contributed by atoms with Crippen LogP contribution in [0, 0.1) is 6.92 Å². The molecule has 0 spiro atoms. The highest BCUT2D eigenvalue weighted by Gasteiger charge is 2.26. The van der Waals surface area contributed by atoms with Crippen molar-refractivity contribution in [3.63, 3.8) is 0 Å². The lowest BCUT2D eigenvalue weighted by Crippen LogP contribution is -2.51. The third-order valence-corrected chi connectivity index (χ3v) is 7.90. The van der Waals surface area contributed by atoms with E-state index in [-0.39, 0.29) is 11.7 Å². The van der Waals surface area contributed by atoms with Crippen molar-refractivity contribution in [1.82, 2.24) is 25.1 Å². The van der Waals surface area contributed by atoms with E-state index in [1.54, 1.807) is 4.68 Å². The molecule has 5 rings (SSSR count). The molecule has 0 radical (unpaired) electrons. The van der Waals surface area contributed by atoms with Crippen molar-refractivity contribution in [1.29, 1.82) is 0 Å². The number of rotatable bonds is 7. The number of hydrogen-bond acceptors (Lipinski definition) is 7. The molecular weight excluding hydrogens is 458 g/mol. The minimum absolute atomic E-state index is 0.0678. The quantitative estimate of drug-likeness (QED) is 0.497. The Morgan fingerprint density at radius 1 is 1.00 bits per heavy atom. The lowest BCUT2D eigenvalue weighted by molar-refractivity contribution is -0.113. The average Bonchev–Trinajstić information content (AvgIpc) is 3.38. The van der Waals surface area contributed by atoms with Crippen LogP contribution >= 0.6 is 11.8 Å². The molecule has 1 aromatic heterocycles. The number of thioether (sulfide) groups is 1. The van der Waals surface area contributed by atoms with E-state index in [9.17, 15) is 4.79 Å². The SMILES string of the molecule is Cc1ccc(-n2nnnc2SCC(=O)Nc2ccccc2N2CCN(C3CCCCC3)CC2)cc1. The maximum Gasteiger partial charge on any atom is 0.234 e. The number of nitrogens with zero attached hydrogens (tertiary/aromatic N) is 6. The van der Waals surface area contributed by atoms with Crippen molar-refractivity contribution in [2.45, 2.75) is 50.2 Å². The molecule has 1 aliphatic heterocycles. The number of piperazine rings is 1. The van der Waals surface area contributed by atoms with E-state index in [0.29, 0.717) is 5.16 Å². The van der Waals surface area contributed by atoms with Gasteiger partial charge in [0.05, 0.1) is 22.8 Å². The van der Waals surface area contributed by atoms with Gasteiger partial charge in [0.1, 0.15) is 0 Å². The highest BCUT2D eigenvalue weighted by atomic mass is 32.2. The molecule has 8 nitrogen and oxygen atoms in total. The van der Waals surface area contributed by atoms with Gasteiger partial charge in [0.15, 0.2) is 0 Å². The van der Waals surface area contributed by atoms with E-state index in [1.165, 1.54) is 49.4 Å². The van der Waals surface area contributed by atoms with Crippen LogP contribution in [0.2, 0.25) is 0 Å². The maximum absolute atomic E-state index is 12.9. The van der Waals surface area contributed by atoms with Crippen molar-refractivity contribution in [2.24, 2.45) is 0 Å². The molecule has 3 aromatic rings. The normalized spacial score (nSPS) is 17.5. The van der Waals surface area contributed by atoms with Gasteiger partial charge in [-0.15, -0.1) is 5.10 Å². The fraction of sp³-hybridized carbons (Fsp3) is 0.462. The molecule has 2 heterocycles. The molecule has 1 saturated heterocycles. The summed E-state index contributed by atoms with van der Waals surface area (Å²) in [5.41, 5.74) is 4.01. The van der Waals surface area contributed by atoms with Crippen molar-refractivity contribution in [3.8, 4) is 5.69 Å². The summed E-state index contributed by atoms with van der Waals surface area (Å²) in [6.07, 6.45) is 6.82. The number of anilines is 2. The molecular formula is C26H33N7OS. The van der Waals surface area contributed by atoms with Gasteiger partial charge in [0, 0.05) is 32.2 Å². The number of benzene rings is 2. The Balaban J connectivity index is 1.18. The number of aromatic nitrogens is 4. The van der Waals surface area contributed by atoms with Gasteiger partial charge in [-0.1, -0.05) is 60.9 Å². The number of aryl methyl sites for hydroxylation is 1. The van der Waals surface area contributed by atoms with E-state index < -0.39 is 0 Å². The lowest BCUT2D eigenvalue weighted by atomic mass is 9.94. The molecule has 2 aliphatic rings. The summed E-state index contributed by atoms with van der Waals surface area (Å²) >= 11 is 1.33. The Labute approximate surface area is 211 Å². The van der Waals surface area contributed by atoms with E-state index in [1.807, 2.05) is 49.4 Å². The summed E-state index contributed by atoms with van der Waals surface area (Å²) < 4.78 is 1.66. The molecule has 0 unspecified atom stereocenters. The second-order valence-electron chi connectivity index (χ2n) is 9.38. The van der Waals surface area contributed by atoms with Gasteiger partial charge in [-0.25, -0.2) is 0 Å². The fourth-order valence-corrected chi connectivity index (χ4v) is 5.75. The Morgan fingerprint density at radius 3 is 2.51 bits per heavy atom. The first-order valence-electron chi connectivity index (χ1n) is 12.5.